The number of hydrogen-bond donors (Lipinski definition) is 3. The highest BCUT2D eigenvalue weighted by Crippen LogP contribution is 2.53. The Bertz CT molecular complexity index is 1270. The summed E-state index contributed by atoms with van der Waals surface area (Å²) < 4.78 is 26.5. The van der Waals surface area contributed by atoms with E-state index in [1.165, 1.54) is 22.3 Å². The summed E-state index contributed by atoms with van der Waals surface area (Å²) in [6, 6.07) is 16.2. The number of alkyl halides is 2. The quantitative estimate of drug-likeness (QED) is 0.102. The normalized spacial score (nSPS) is 14.9. The number of benzene rings is 2. The van der Waals surface area contributed by atoms with Crippen molar-refractivity contribution in [2.45, 2.75) is 96.6 Å². The molecule has 0 saturated carbocycles. The van der Waals surface area contributed by atoms with E-state index in [4.69, 9.17) is 0 Å². The van der Waals surface area contributed by atoms with E-state index in [2.05, 4.69) is 65.5 Å². The number of fused-ring (bicyclic) bond motifs is 3. The molecule has 0 saturated heterocycles. The standard InChI is InChI=1S/C38H54F2N4O2/c1-6-17-34(44(9-4)27-29(7-2)8-3)37(46)42-25-22-36(45)41-24-16-10-15-23-38(28(5)43-26-35(39)40)32-20-13-11-18-30(32)31-19-12-14-21-33(31)38/h7-8,11-14,18-21,28,34-35,43H,2,6,9-10,15-17,22-27H2,1,3-5H3,(H,41,45)(H,42,46)/b29-8+. The van der Waals surface area contributed by atoms with Gasteiger partial charge in [0, 0.05) is 37.5 Å². The highest BCUT2D eigenvalue weighted by molar-refractivity contribution is 5.83. The second-order valence-electron chi connectivity index (χ2n) is 12.2. The molecule has 0 fully saturated rings. The number of rotatable bonds is 21. The number of amides is 2. The number of likely N-dealkylation sites (N-methyl/N-ethyl adjacent to an activating group) is 1. The van der Waals surface area contributed by atoms with Gasteiger partial charge in [0.25, 0.3) is 6.43 Å². The van der Waals surface area contributed by atoms with Crippen molar-refractivity contribution in [1.82, 2.24) is 20.9 Å². The first-order chi connectivity index (χ1) is 22.2. The van der Waals surface area contributed by atoms with Gasteiger partial charge >= 0.3 is 0 Å². The molecule has 0 aliphatic heterocycles. The molecule has 2 amide bonds. The van der Waals surface area contributed by atoms with E-state index < -0.39 is 11.8 Å². The van der Waals surface area contributed by atoms with Crippen molar-refractivity contribution in [3.8, 4) is 11.1 Å². The molecule has 252 valence electrons. The summed E-state index contributed by atoms with van der Waals surface area (Å²) in [5.41, 5.74) is 5.39. The number of halogens is 2. The van der Waals surface area contributed by atoms with Crippen molar-refractivity contribution in [3.63, 3.8) is 0 Å². The van der Waals surface area contributed by atoms with Crippen molar-refractivity contribution in [2.24, 2.45) is 0 Å². The fourth-order valence-electron chi connectivity index (χ4n) is 6.89. The predicted octanol–water partition coefficient (Wildman–Crippen LogP) is 7.00. The summed E-state index contributed by atoms with van der Waals surface area (Å²) in [5.74, 6) is -0.125. The maximum absolute atomic E-state index is 13.2. The van der Waals surface area contributed by atoms with Crippen LogP contribution in [-0.4, -0.2) is 67.9 Å². The molecule has 46 heavy (non-hydrogen) atoms. The Morgan fingerprint density at radius 3 is 2.17 bits per heavy atom. The Morgan fingerprint density at radius 2 is 1.61 bits per heavy atom. The lowest BCUT2D eigenvalue weighted by atomic mass is 9.69. The number of carbonyl (C=O) groups excluding carboxylic acids is 2. The van der Waals surface area contributed by atoms with Crippen LogP contribution in [0.4, 0.5) is 8.78 Å². The molecule has 1 aliphatic rings. The number of nitrogens with one attached hydrogen (secondary N) is 3. The molecule has 2 atom stereocenters. The topological polar surface area (TPSA) is 73.5 Å². The van der Waals surface area contributed by atoms with Crippen molar-refractivity contribution < 1.29 is 18.4 Å². The molecule has 0 aromatic heterocycles. The first kappa shape index (κ1) is 37.1. The molecular formula is C38H54F2N4O2. The van der Waals surface area contributed by atoms with E-state index in [1.807, 2.05) is 50.3 Å². The van der Waals surface area contributed by atoms with Gasteiger partial charge in [-0.25, -0.2) is 8.78 Å². The van der Waals surface area contributed by atoms with Crippen LogP contribution >= 0.6 is 0 Å². The largest absolute Gasteiger partial charge is 0.356 e. The van der Waals surface area contributed by atoms with Gasteiger partial charge in [-0.3, -0.25) is 14.5 Å². The Balaban J connectivity index is 1.50. The fourth-order valence-corrected chi connectivity index (χ4v) is 6.89. The zero-order valence-electron chi connectivity index (χ0n) is 28.2. The Morgan fingerprint density at radius 1 is 0.957 bits per heavy atom. The Hall–Kier alpha value is -3.36. The molecule has 3 N–H and O–H groups in total. The molecule has 2 unspecified atom stereocenters. The molecule has 2 aromatic carbocycles. The summed E-state index contributed by atoms with van der Waals surface area (Å²) in [4.78, 5) is 27.8. The maximum atomic E-state index is 13.2. The second-order valence-corrected chi connectivity index (χ2v) is 12.2. The molecule has 1 aliphatic carbocycles. The molecule has 6 nitrogen and oxygen atoms in total. The van der Waals surface area contributed by atoms with Gasteiger partial charge in [0.1, 0.15) is 0 Å². The van der Waals surface area contributed by atoms with E-state index in [1.54, 1.807) is 0 Å². The predicted molar refractivity (Wildman–Crippen MR) is 185 cm³/mol. The van der Waals surface area contributed by atoms with Crippen LogP contribution in [-0.2, 0) is 15.0 Å². The average Bonchev–Trinajstić information content (AvgIpc) is 3.35. The second kappa shape index (κ2) is 18.7. The van der Waals surface area contributed by atoms with E-state index in [0.717, 1.165) is 50.6 Å². The molecular weight excluding hydrogens is 582 g/mol. The summed E-state index contributed by atoms with van der Waals surface area (Å²) in [6.45, 7) is 13.9. The number of nitrogens with zero attached hydrogens (tertiary/aromatic N) is 1. The zero-order chi connectivity index (χ0) is 33.5. The van der Waals surface area contributed by atoms with Gasteiger partial charge in [0.15, 0.2) is 0 Å². The lowest BCUT2D eigenvalue weighted by molar-refractivity contribution is -0.126. The molecule has 0 spiro atoms. The molecule has 3 rings (SSSR count). The van der Waals surface area contributed by atoms with Gasteiger partial charge in [-0.05, 0) is 67.5 Å². The summed E-state index contributed by atoms with van der Waals surface area (Å²) in [6.07, 6.45) is 6.71. The van der Waals surface area contributed by atoms with Crippen LogP contribution in [0.2, 0.25) is 0 Å². The minimum Gasteiger partial charge on any atom is -0.356 e. The lowest BCUT2D eigenvalue weighted by Gasteiger charge is -2.39. The molecule has 0 heterocycles. The average molecular weight is 637 g/mol. The summed E-state index contributed by atoms with van der Waals surface area (Å²) >= 11 is 0. The van der Waals surface area contributed by atoms with Crippen molar-refractivity contribution in [2.75, 3.05) is 32.7 Å². The van der Waals surface area contributed by atoms with E-state index in [9.17, 15) is 18.4 Å². The van der Waals surface area contributed by atoms with E-state index in [-0.39, 0.29) is 36.9 Å². The summed E-state index contributed by atoms with van der Waals surface area (Å²) in [5, 5.41) is 9.10. The van der Waals surface area contributed by atoms with Gasteiger partial charge < -0.3 is 16.0 Å². The van der Waals surface area contributed by atoms with Crippen molar-refractivity contribution >= 4 is 11.8 Å². The van der Waals surface area contributed by atoms with E-state index >= 15 is 0 Å². The highest BCUT2D eigenvalue weighted by atomic mass is 19.3. The maximum Gasteiger partial charge on any atom is 0.250 e. The van der Waals surface area contributed by atoms with Gasteiger partial charge in [0.05, 0.1) is 12.6 Å². The summed E-state index contributed by atoms with van der Waals surface area (Å²) in [7, 11) is 0. The first-order valence-electron chi connectivity index (χ1n) is 17.0. The zero-order valence-corrected chi connectivity index (χ0v) is 28.2. The van der Waals surface area contributed by atoms with E-state index in [0.29, 0.717) is 19.6 Å². The lowest BCUT2D eigenvalue weighted by Crippen LogP contribution is -2.48. The van der Waals surface area contributed by atoms with Crippen LogP contribution in [0.1, 0.15) is 83.8 Å². The number of hydrogen-bond acceptors (Lipinski definition) is 4. The van der Waals surface area contributed by atoms with Gasteiger partial charge in [-0.2, -0.15) is 0 Å². The number of carbonyl (C=O) groups is 2. The van der Waals surface area contributed by atoms with Crippen LogP contribution in [0.25, 0.3) is 11.1 Å². The SMILES string of the molecule is C=C/C(=C\C)CN(CC)C(CCC)C(=O)NCCC(=O)NCCCCCC1(C(C)NCC(F)F)c2ccccc2-c2ccccc21. The van der Waals surface area contributed by atoms with Crippen LogP contribution in [0, 0.1) is 0 Å². The van der Waals surface area contributed by atoms with Crippen LogP contribution in [0.15, 0.2) is 72.8 Å². The van der Waals surface area contributed by atoms with Gasteiger partial charge in [0.2, 0.25) is 11.8 Å². The third-order valence-electron chi connectivity index (χ3n) is 9.37. The highest BCUT2D eigenvalue weighted by Gasteiger charge is 2.46. The van der Waals surface area contributed by atoms with Crippen LogP contribution in [0.3, 0.4) is 0 Å². The Kier molecular flexibility index (Phi) is 15.1. The molecule has 0 radical (unpaired) electrons. The van der Waals surface area contributed by atoms with Crippen LogP contribution in [0.5, 0.6) is 0 Å². The third kappa shape index (κ3) is 9.35. The van der Waals surface area contributed by atoms with Crippen molar-refractivity contribution in [3.05, 3.63) is 84.0 Å². The minimum atomic E-state index is -2.42. The number of unbranched alkanes of at least 4 members (excludes halogenated alkanes) is 2. The molecule has 2 aromatic rings. The third-order valence-corrected chi connectivity index (χ3v) is 9.37. The van der Waals surface area contributed by atoms with Crippen molar-refractivity contribution in [1.29, 1.82) is 0 Å². The first-order valence-corrected chi connectivity index (χ1v) is 17.0. The molecule has 8 heteroatoms. The Labute approximate surface area is 275 Å². The minimum absolute atomic E-state index is 0.0442. The smallest absolute Gasteiger partial charge is 0.250 e. The van der Waals surface area contributed by atoms with Crippen LogP contribution < -0.4 is 16.0 Å². The van der Waals surface area contributed by atoms with Gasteiger partial charge in [-0.15, -0.1) is 0 Å². The molecule has 0 bridgehead atoms. The fraction of sp³-hybridized carbons (Fsp3) is 0.526. The monoisotopic (exact) mass is 636 g/mol. The van der Waals surface area contributed by atoms with Gasteiger partial charge in [-0.1, -0.05) is 100 Å². The number of allylic oxidation sites excluding steroid dienone is 1.